The van der Waals surface area contributed by atoms with Crippen LogP contribution >= 0.6 is 0 Å². The summed E-state index contributed by atoms with van der Waals surface area (Å²) in [6.45, 7) is -0.0779. The molecule has 0 radical (unpaired) electrons. The van der Waals surface area contributed by atoms with Gasteiger partial charge in [-0.3, -0.25) is 0 Å². The van der Waals surface area contributed by atoms with Crippen molar-refractivity contribution in [2.45, 2.75) is 13.2 Å². The first-order chi connectivity index (χ1) is 31.6. The van der Waals surface area contributed by atoms with Crippen LogP contribution in [0.15, 0.2) is 237 Å². The van der Waals surface area contributed by atoms with Gasteiger partial charge in [0.1, 0.15) is 5.75 Å². The second-order valence-corrected chi connectivity index (χ2v) is 15.3. The molecule has 0 saturated carbocycles. The predicted octanol–water partition coefficient (Wildman–Crippen LogP) is 14.6. The van der Waals surface area contributed by atoms with Gasteiger partial charge in [0, 0.05) is 74.3 Å². The summed E-state index contributed by atoms with van der Waals surface area (Å²) in [5.41, 5.74) is 13.6. The lowest BCUT2D eigenvalue weighted by Crippen LogP contribution is -2.14. The van der Waals surface area contributed by atoms with Gasteiger partial charge in [-0.2, -0.15) is 0 Å². The summed E-state index contributed by atoms with van der Waals surface area (Å²) in [4.78, 5) is 8.91. The summed E-state index contributed by atoms with van der Waals surface area (Å²) in [5, 5.41) is 20.0. The minimum Gasteiger partial charge on any atom is -0.497 e. The molecule has 9 aromatic carbocycles. The first kappa shape index (κ1) is 41.3. The molecular weight excluding hydrogens is 789 g/mol. The van der Waals surface area contributed by atoms with Gasteiger partial charge in [0.2, 0.25) is 0 Å². The van der Waals surface area contributed by atoms with Crippen LogP contribution in [0.4, 0.5) is 68.2 Å². The smallest absolute Gasteiger partial charge is 0.120 e. The molecule has 0 bridgehead atoms. The molecular formula is C57H48N4O3. The average Bonchev–Trinajstić information content (AvgIpc) is 3.37. The fourth-order valence-corrected chi connectivity index (χ4v) is 8.11. The number of anilines is 12. The highest BCUT2D eigenvalue weighted by Crippen LogP contribution is 2.43. The third-order valence-electron chi connectivity index (χ3n) is 11.2. The van der Waals surface area contributed by atoms with Crippen molar-refractivity contribution < 1.29 is 14.9 Å². The van der Waals surface area contributed by atoms with Crippen LogP contribution < -0.4 is 24.3 Å². The van der Waals surface area contributed by atoms with Gasteiger partial charge < -0.3 is 34.5 Å². The molecule has 2 N–H and O–H groups in total. The minimum atomic E-state index is -0.0389. The van der Waals surface area contributed by atoms with Gasteiger partial charge >= 0.3 is 0 Å². The Bertz CT molecular complexity index is 2570. The van der Waals surface area contributed by atoms with Gasteiger partial charge in [0.05, 0.1) is 20.3 Å². The molecule has 0 aromatic heterocycles. The van der Waals surface area contributed by atoms with E-state index in [1.807, 2.05) is 97.1 Å². The topological polar surface area (TPSA) is 62.7 Å². The summed E-state index contributed by atoms with van der Waals surface area (Å²) in [6, 6.07) is 81.0. The fourth-order valence-electron chi connectivity index (χ4n) is 8.11. The van der Waals surface area contributed by atoms with E-state index >= 15 is 0 Å². The average molecular weight is 837 g/mol. The Morgan fingerprint density at radius 3 is 0.828 bits per heavy atom. The molecule has 9 rings (SSSR count). The Morgan fingerprint density at radius 1 is 0.281 bits per heavy atom. The predicted molar refractivity (Wildman–Crippen MR) is 264 cm³/mol. The number of rotatable bonds is 15. The van der Waals surface area contributed by atoms with E-state index in [2.05, 4.69) is 159 Å². The fraction of sp³-hybridized carbons (Fsp3) is 0.0526. The van der Waals surface area contributed by atoms with E-state index in [0.29, 0.717) is 0 Å². The van der Waals surface area contributed by atoms with Crippen molar-refractivity contribution in [3.8, 4) is 5.75 Å². The molecule has 0 atom stereocenters. The second kappa shape index (κ2) is 19.3. The van der Waals surface area contributed by atoms with E-state index < -0.39 is 0 Å². The van der Waals surface area contributed by atoms with E-state index in [-0.39, 0.29) is 13.2 Å². The van der Waals surface area contributed by atoms with Gasteiger partial charge in [0.15, 0.2) is 0 Å². The molecule has 0 amide bonds. The third-order valence-corrected chi connectivity index (χ3v) is 11.2. The minimum absolute atomic E-state index is 0.0389. The van der Waals surface area contributed by atoms with Crippen LogP contribution in [0.1, 0.15) is 11.1 Å². The van der Waals surface area contributed by atoms with E-state index in [4.69, 9.17) is 4.74 Å². The van der Waals surface area contributed by atoms with Crippen LogP contribution in [-0.2, 0) is 13.2 Å². The third kappa shape index (κ3) is 8.94. The molecule has 0 spiro atoms. The zero-order valence-corrected chi connectivity index (χ0v) is 35.5. The van der Waals surface area contributed by atoms with Crippen LogP contribution in [0, 0.1) is 0 Å². The lowest BCUT2D eigenvalue weighted by atomic mass is 10.1. The number of benzene rings is 9. The Balaban J connectivity index is 1.14. The maximum Gasteiger partial charge on any atom is 0.120 e. The van der Waals surface area contributed by atoms with Gasteiger partial charge in [-0.15, -0.1) is 0 Å². The molecule has 64 heavy (non-hydrogen) atoms. The molecule has 9 aromatic rings. The SMILES string of the molecule is COc1cccc(N(c2ccccc2)c2ccc(N(c3ccc(N(c4ccccc4)c4cccc(CO)c4)cc3)c3ccc(N(c4ccccc4)c4cccc(CO)c4)cc3)cc2)c1. The number of para-hydroxylation sites is 3. The van der Waals surface area contributed by atoms with Crippen molar-refractivity contribution in [3.05, 3.63) is 248 Å². The summed E-state index contributed by atoms with van der Waals surface area (Å²) in [5.74, 6) is 0.784. The Morgan fingerprint density at radius 2 is 0.531 bits per heavy atom. The highest BCUT2D eigenvalue weighted by Gasteiger charge is 2.20. The molecule has 0 aliphatic heterocycles. The van der Waals surface area contributed by atoms with Gasteiger partial charge in [-0.1, -0.05) is 84.9 Å². The zero-order valence-electron chi connectivity index (χ0n) is 35.5. The van der Waals surface area contributed by atoms with Crippen molar-refractivity contribution in [2.75, 3.05) is 26.7 Å². The molecule has 314 valence electrons. The normalized spacial score (nSPS) is 10.9. The van der Waals surface area contributed by atoms with Crippen molar-refractivity contribution in [1.82, 2.24) is 0 Å². The van der Waals surface area contributed by atoms with Crippen molar-refractivity contribution >= 4 is 68.2 Å². The highest BCUT2D eigenvalue weighted by molar-refractivity contribution is 5.85. The summed E-state index contributed by atoms with van der Waals surface area (Å²) in [7, 11) is 1.69. The second-order valence-electron chi connectivity index (χ2n) is 15.3. The van der Waals surface area contributed by atoms with Crippen molar-refractivity contribution in [1.29, 1.82) is 0 Å². The lowest BCUT2D eigenvalue weighted by molar-refractivity contribution is 0.281. The van der Waals surface area contributed by atoms with E-state index in [0.717, 1.165) is 85.1 Å². The number of methoxy groups -OCH3 is 1. The standard InChI is InChI=1S/C57H48N4O3/c1-64-57-25-13-24-56(40-57)61(47-20-9-4-10-21-47)53-36-30-50(31-37-53)58(48-26-32-51(33-27-48)59(45-16-5-2-6-17-45)54-22-11-14-43(38-54)41-62)49-28-34-52(35-29-49)60(46-18-7-3-8-19-46)55-23-12-15-44(39-55)42-63/h2-40,62-63H,41-42H2,1H3. The molecule has 0 saturated heterocycles. The van der Waals surface area contributed by atoms with Crippen molar-refractivity contribution in [2.24, 2.45) is 0 Å². The molecule has 0 heterocycles. The van der Waals surface area contributed by atoms with E-state index in [1.165, 1.54) is 0 Å². The largest absolute Gasteiger partial charge is 0.497 e. The number of ether oxygens (including phenoxy) is 1. The number of aliphatic hydroxyl groups excluding tert-OH is 2. The van der Waals surface area contributed by atoms with E-state index in [1.54, 1.807) is 7.11 Å². The first-order valence-corrected chi connectivity index (χ1v) is 21.3. The molecule has 0 fully saturated rings. The molecule has 0 aliphatic rings. The van der Waals surface area contributed by atoms with Crippen LogP contribution in [0.25, 0.3) is 0 Å². The number of aliphatic hydroxyl groups is 2. The lowest BCUT2D eigenvalue weighted by Gasteiger charge is -2.30. The van der Waals surface area contributed by atoms with Crippen molar-refractivity contribution in [3.63, 3.8) is 0 Å². The number of hydrogen-bond acceptors (Lipinski definition) is 7. The Hall–Kier alpha value is -8.10. The van der Waals surface area contributed by atoms with Crippen LogP contribution in [-0.4, -0.2) is 17.3 Å². The molecule has 0 unspecified atom stereocenters. The van der Waals surface area contributed by atoms with Gasteiger partial charge in [-0.25, -0.2) is 0 Å². The highest BCUT2D eigenvalue weighted by atomic mass is 16.5. The maximum absolute atomic E-state index is 10.0. The number of nitrogens with zero attached hydrogens (tertiary/aromatic N) is 4. The van der Waals surface area contributed by atoms with Crippen LogP contribution in [0.3, 0.4) is 0 Å². The maximum atomic E-state index is 10.0. The number of hydrogen-bond donors (Lipinski definition) is 2. The van der Waals surface area contributed by atoms with Gasteiger partial charge in [-0.05, 0) is 157 Å². The zero-order chi connectivity index (χ0) is 43.7. The molecule has 0 aliphatic carbocycles. The van der Waals surface area contributed by atoms with Crippen LogP contribution in [0.5, 0.6) is 5.75 Å². The first-order valence-electron chi connectivity index (χ1n) is 21.3. The molecule has 7 nitrogen and oxygen atoms in total. The monoisotopic (exact) mass is 836 g/mol. The van der Waals surface area contributed by atoms with E-state index in [9.17, 15) is 10.2 Å². The van der Waals surface area contributed by atoms with Gasteiger partial charge in [0.25, 0.3) is 0 Å². The Labute approximate surface area is 375 Å². The summed E-state index contributed by atoms with van der Waals surface area (Å²) in [6.07, 6.45) is 0. The molecule has 7 heteroatoms. The summed E-state index contributed by atoms with van der Waals surface area (Å²) >= 11 is 0. The summed E-state index contributed by atoms with van der Waals surface area (Å²) < 4.78 is 5.63. The Kier molecular flexibility index (Phi) is 12.4. The quantitative estimate of drug-likeness (QED) is 0.107. The van der Waals surface area contributed by atoms with Crippen LogP contribution in [0.2, 0.25) is 0 Å².